The van der Waals surface area contributed by atoms with Crippen molar-refractivity contribution in [2.75, 3.05) is 10.6 Å². The van der Waals surface area contributed by atoms with Gasteiger partial charge in [0.15, 0.2) is 0 Å². The van der Waals surface area contributed by atoms with E-state index in [2.05, 4.69) is 26.7 Å². The van der Waals surface area contributed by atoms with E-state index in [-0.39, 0.29) is 17.5 Å². The van der Waals surface area contributed by atoms with Gasteiger partial charge in [0.05, 0.1) is 11.3 Å². The molecule has 128 valence electrons. The van der Waals surface area contributed by atoms with Gasteiger partial charge in [-0.3, -0.25) is 4.79 Å². The molecule has 0 saturated heterocycles. The van der Waals surface area contributed by atoms with Crippen LogP contribution in [0.5, 0.6) is 0 Å². The number of aromatic nitrogens is 2. The Hall–Kier alpha value is -3.72. The van der Waals surface area contributed by atoms with Gasteiger partial charge in [0.1, 0.15) is 11.8 Å². The standard InChI is InChI=1S/C20H17N5O/c1-2-14-7-3-5-9-16(14)23-19(26)18-11-12-22-20(25-18)24-17-10-6-4-8-15(17)13-21/h3-12H,2H2,1H3,(H,23,26)(H,22,24,25). The topological polar surface area (TPSA) is 90.7 Å². The second kappa shape index (κ2) is 7.90. The number of amides is 1. The van der Waals surface area contributed by atoms with E-state index >= 15 is 0 Å². The summed E-state index contributed by atoms with van der Waals surface area (Å²) in [6, 6.07) is 18.3. The van der Waals surface area contributed by atoms with Gasteiger partial charge in [-0.25, -0.2) is 9.97 Å². The lowest BCUT2D eigenvalue weighted by Gasteiger charge is -2.10. The van der Waals surface area contributed by atoms with Crippen LogP contribution in [-0.4, -0.2) is 15.9 Å². The van der Waals surface area contributed by atoms with Gasteiger partial charge in [-0.2, -0.15) is 5.26 Å². The normalized spacial score (nSPS) is 10.0. The first-order valence-electron chi connectivity index (χ1n) is 8.19. The summed E-state index contributed by atoms with van der Waals surface area (Å²) in [5.41, 5.74) is 3.12. The molecule has 2 aromatic carbocycles. The number of benzene rings is 2. The van der Waals surface area contributed by atoms with Gasteiger partial charge in [-0.15, -0.1) is 0 Å². The highest BCUT2D eigenvalue weighted by Crippen LogP contribution is 2.19. The Kier molecular flexibility index (Phi) is 5.20. The molecule has 0 radical (unpaired) electrons. The first-order valence-corrected chi connectivity index (χ1v) is 8.19. The number of nitrogens with zero attached hydrogens (tertiary/aromatic N) is 3. The monoisotopic (exact) mass is 343 g/mol. The van der Waals surface area contributed by atoms with Crippen LogP contribution in [0.3, 0.4) is 0 Å². The van der Waals surface area contributed by atoms with Crippen LogP contribution >= 0.6 is 0 Å². The number of carbonyl (C=O) groups excluding carboxylic acids is 1. The molecule has 0 atom stereocenters. The van der Waals surface area contributed by atoms with Crippen molar-refractivity contribution >= 4 is 23.2 Å². The fourth-order valence-electron chi connectivity index (χ4n) is 2.49. The highest BCUT2D eigenvalue weighted by Gasteiger charge is 2.11. The Morgan fingerprint density at radius 1 is 1.08 bits per heavy atom. The molecule has 26 heavy (non-hydrogen) atoms. The average Bonchev–Trinajstić information content (AvgIpc) is 2.69. The fraction of sp³-hybridized carbons (Fsp3) is 0.100. The minimum Gasteiger partial charge on any atom is -0.323 e. The molecule has 0 bridgehead atoms. The van der Waals surface area contributed by atoms with Crippen LogP contribution in [0.2, 0.25) is 0 Å². The van der Waals surface area contributed by atoms with Crippen molar-refractivity contribution in [1.29, 1.82) is 5.26 Å². The van der Waals surface area contributed by atoms with Crippen LogP contribution < -0.4 is 10.6 Å². The molecule has 1 amide bonds. The molecule has 0 saturated carbocycles. The minimum atomic E-state index is -0.315. The van der Waals surface area contributed by atoms with Crippen molar-refractivity contribution in [2.45, 2.75) is 13.3 Å². The van der Waals surface area contributed by atoms with Gasteiger partial charge in [0.2, 0.25) is 5.95 Å². The Bertz CT molecular complexity index is 978. The third kappa shape index (κ3) is 3.84. The molecule has 1 aromatic heterocycles. The second-order valence-corrected chi connectivity index (χ2v) is 5.51. The van der Waals surface area contributed by atoms with Crippen molar-refractivity contribution in [3.05, 3.63) is 77.6 Å². The number of aryl methyl sites for hydroxylation is 1. The van der Waals surface area contributed by atoms with Crippen LogP contribution in [0.25, 0.3) is 0 Å². The third-order valence-corrected chi connectivity index (χ3v) is 3.83. The van der Waals surface area contributed by atoms with E-state index in [0.29, 0.717) is 11.3 Å². The minimum absolute atomic E-state index is 0.239. The summed E-state index contributed by atoms with van der Waals surface area (Å²) in [7, 11) is 0. The van der Waals surface area contributed by atoms with E-state index in [0.717, 1.165) is 17.7 Å². The molecule has 1 heterocycles. The second-order valence-electron chi connectivity index (χ2n) is 5.51. The Morgan fingerprint density at radius 2 is 1.81 bits per heavy atom. The molecule has 2 N–H and O–H groups in total. The number of hydrogen-bond acceptors (Lipinski definition) is 5. The summed E-state index contributed by atoms with van der Waals surface area (Å²) in [4.78, 5) is 20.9. The van der Waals surface area contributed by atoms with Gasteiger partial charge < -0.3 is 10.6 Å². The number of anilines is 3. The van der Waals surface area contributed by atoms with Gasteiger partial charge in [0, 0.05) is 11.9 Å². The summed E-state index contributed by atoms with van der Waals surface area (Å²) in [5, 5.41) is 15.0. The van der Waals surface area contributed by atoms with Gasteiger partial charge in [-0.1, -0.05) is 37.3 Å². The van der Waals surface area contributed by atoms with Crippen LogP contribution in [-0.2, 0) is 6.42 Å². The van der Waals surface area contributed by atoms with E-state index in [4.69, 9.17) is 5.26 Å². The lowest BCUT2D eigenvalue weighted by Crippen LogP contribution is -2.15. The number of carbonyl (C=O) groups is 1. The largest absolute Gasteiger partial charge is 0.323 e. The molecule has 6 nitrogen and oxygen atoms in total. The summed E-state index contributed by atoms with van der Waals surface area (Å²) in [6.45, 7) is 2.03. The molecule has 0 unspecified atom stereocenters. The van der Waals surface area contributed by atoms with Crippen LogP contribution in [0.1, 0.15) is 28.5 Å². The van der Waals surface area contributed by atoms with Crippen molar-refractivity contribution in [1.82, 2.24) is 9.97 Å². The van der Waals surface area contributed by atoms with E-state index in [9.17, 15) is 4.79 Å². The SMILES string of the molecule is CCc1ccccc1NC(=O)c1ccnc(Nc2ccccc2C#N)n1. The average molecular weight is 343 g/mol. The highest BCUT2D eigenvalue weighted by molar-refractivity contribution is 6.03. The molecular weight excluding hydrogens is 326 g/mol. The maximum atomic E-state index is 12.5. The zero-order valence-corrected chi connectivity index (χ0v) is 14.2. The summed E-state index contributed by atoms with van der Waals surface area (Å²) >= 11 is 0. The fourth-order valence-corrected chi connectivity index (χ4v) is 2.49. The molecular formula is C20H17N5O. The molecule has 6 heteroatoms. The molecule has 3 aromatic rings. The maximum absolute atomic E-state index is 12.5. The molecule has 0 fully saturated rings. The van der Waals surface area contributed by atoms with Crippen LogP contribution in [0.15, 0.2) is 60.8 Å². The summed E-state index contributed by atoms with van der Waals surface area (Å²) in [5.74, 6) is -0.0611. The summed E-state index contributed by atoms with van der Waals surface area (Å²) in [6.07, 6.45) is 2.32. The van der Waals surface area contributed by atoms with Gasteiger partial charge >= 0.3 is 0 Å². The van der Waals surface area contributed by atoms with Crippen molar-refractivity contribution < 1.29 is 4.79 Å². The van der Waals surface area contributed by atoms with Crippen LogP contribution in [0.4, 0.5) is 17.3 Å². The van der Waals surface area contributed by atoms with Crippen molar-refractivity contribution in [3.63, 3.8) is 0 Å². The maximum Gasteiger partial charge on any atom is 0.274 e. The number of nitriles is 1. The number of hydrogen-bond donors (Lipinski definition) is 2. The predicted octanol–water partition coefficient (Wildman–Crippen LogP) is 3.91. The van der Waals surface area contributed by atoms with Crippen molar-refractivity contribution in [2.24, 2.45) is 0 Å². The zero-order chi connectivity index (χ0) is 18.4. The van der Waals surface area contributed by atoms with Crippen LogP contribution in [0, 0.1) is 11.3 Å². The lowest BCUT2D eigenvalue weighted by atomic mass is 10.1. The molecule has 3 rings (SSSR count). The Balaban J connectivity index is 1.81. The lowest BCUT2D eigenvalue weighted by molar-refractivity contribution is 0.102. The quantitative estimate of drug-likeness (QED) is 0.733. The van der Waals surface area contributed by atoms with E-state index < -0.39 is 0 Å². The highest BCUT2D eigenvalue weighted by atomic mass is 16.1. The molecule has 0 aliphatic carbocycles. The summed E-state index contributed by atoms with van der Waals surface area (Å²) < 4.78 is 0. The van der Waals surface area contributed by atoms with Crippen molar-refractivity contribution in [3.8, 4) is 6.07 Å². The van der Waals surface area contributed by atoms with E-state index in [1.165, 1.54) is 6.20 Å². The third-order valence-electron chi connectivity index (χ3n) is 3.83. The predicted molar refractivity (Wildman–Crippen MR) is 100 cm³/mol. The Morgan fingerprint density at radius 3 is 2.58 bits per heavy atom. The zero-order valence-electron chi connectivity index (χ0n) is 14.2. The molecule has 0 spiro atoms. The first kappa shape index (κ1) is 17.1. The smallest absolute Gasteiger partial charge is 0.274 e. The molecule has 0 aliphatic rings. The molecule has 0 aliphatic heterocycles. The number of nitrogens with one attached hydrogen (secondary N) is 2. The van der Waals surface area contributed by atoms with Gasteiger partial charge in [0.25, 0.3) is 5.91 Å². The number of rotatable bonds is 5. The van der Waals surface area contributed by atoms with E-state index in [1.54, 1.807) is 30.3 Å². The number of para-hydroxylation sites is 2. The first-order chi connectivity index (χ1) is 12.7. The van der Waals surface area contributed by atoms with Gasteiger partial charge in [-0.05, 0) is 36.2 Å². The Labute approximate surface area is 151 Å². The van der Waals surface area contributed by atoms with E-state index in [1.807, 2.05) is 31.2 Å².